The third kappa shape index (κ3) is 3.28. The average molecular weight is 341 g/mol. The molecule has 0 unspecified atom stereocenters. The lowest BCUT2D eigenvalue weighted by Gasteiger charge is -2.28. The van der Waals surface area contributed by atoms with Crippen LogP contribution < -0.4 is 5.73 Å². The van der Waals surface area contributed by atoms with Gasteiger partial charge in [-0.1, -0.05) is 18.2 Å². The summed E-state index contributed by atoms with van der Waals surface area (Å²) in [4.78, 5) is 11.6. The highest BCUT2D eigenvalue weighted by Gasteiger charge is 2.19. The number of hydrogen-bond acceptors (Lipinski definition) is 5. The van der Waals surface area contributed by atoms with Crippen molar-refractivity contribution in [1.29, 1.82) is 5.26 Å². The number of aromatic nitrogens is 2. The normalized spacial score (nSPS) is 13.8. The zero-order chi connectivity index (χ0) is 17.9. The molecule has 3 aromatic rings. The molecule has 0 aliphatic carbocycles. The lowest BCUT2D eigenvalue weighted by Crippen LogP contribution is -2.31. The molecule has 1 aliphatic rings. The summed E-state index contributed by atoms with van der Waals surface area (Å²) in [7, 11) is 0. The fraction of sp³-hybridized carbons (Fsp3) is 0.190. The summed E-state index contributed by atoms with van der Waals surface area (Å²) >= 11 is 0. The summed E-state index contributed by atoms with van der Waals surface area (Å²) in [6.45, 7) is 2.49. The van der Waals surface area contributed by atoms with Gasteiger partial charge < -0.3 is 5.73 Å². The highest BCUT2D eigenvalue weighted by Crippen LogP contribution is 2.23. The maximum absolute atomic E-state index is 9.27. The van der Waals surface area contributed by atoms with Crippen LogP contribution in [0.5, 0.6) is 0 Å². The molecule has 1 aromatic heterocycles. The first-order valence-electron chi connectivity index (χ1n) is 8.64. The first-order chi connectivity index (χ1) is 12.7. The van der Waals surface area contributed by atoms with Crippen molar-refractivity contribution >= 4 is 5.69 Å². The van der Waals surface area contributed by atoms with Crippen LogP contribution in [-0.4, -0.2) is 21.4 Å². The van der Waals surface area contributed by atoms with Gasteiger partial charge in [-0.05, 0) is 35.9 Å². The highest BCUT2D eigenvalue weighted by molar-refractivity contribution is 5.58. The molecule has 1 aliphatic heterocycles. The van der Waals surface area contributed by atoms with Gasteiger partial charge in [0.15, 0.2) is 5.82 Å². The molecule has 5 nitrogen and oxygen atoms in total. The monoisotopic (exact) mass is 341 g/mol. The minimum atomic E-state index is 0.736. The van der Waals surface area contributed by atoms with Crippen LogP contribution in [0.3, 0.4) is 0 Å². The topological polar surface area (TPSA) is 78.8 Å². The van der Waals surface area contributed by atoms with E-state index in [0.29, 0.717) is 0 Å². The molecule has 2 aromatic carbocycles. The van der Waals surface area contributed by atoms with Crippen molar-refractivity contribution in [3.05, 3.63) is 77.1 Å². The molecule has 4 rings (SSSR count). The number of hydrogen-bond donors (Lipinski definition) is 1. The number of nitrogens with two attached hydrogens (primary N) is 1. The predicted molar refractivity (Wildman–Crippen MR) is 101 cm³/mol. The number of nitrogens with zero attached hydrogens (tertiary/aromatic N) is 4. The minimum absolute atomic E-state index is 0.736. The van der Waals surface area contributed by atoms with Crippen molar-refractivity contribution in [2.24, 2.45) is 0 Å². The van der Waals surface area contributed by atoms with Crippen molar-refractivity contribution in [2.75, 3.05) is 12.3 Å². The number of anilines is 1. The smallest absolute Gasteiger partial charge is 0.159 e. The molecule has 128 valence electrons. The maximum atomic E-state index is 9.27. The third-order valence-corrected chi connectivity index (χ3v) is 4.71. The second-order valence-electron chi connectivity index (χ2n) is 6.52. The molecule has 0 radical (unpaired) electrons. The minimum Gasteiger partial charge on any atom is -0.399 e. The van der Waals surface area contributed by atoms with E-state index in [-0.39, 0.29) is 0 Å². The molecule has 5 heteroatoms. The number of rotatable bonds is 3. The summed E-state index contributed by atoms with van der Waals surface area (Å²) in [5.41, 5.74) is 11.5. The summed E-state index contributed by atoms with van der Waals surface area (Å²) in [5.74, 6) is 0.743. The van der Waals surface area contributed by atoms with E-state index in [2.05, 4.69) is 16.0 Å². The van der Waals surface area contributed by atoms with Crippen molar-refractivity contribution < 1.29 is 0 Å². The van der Waals surface area contributed by atoms with Gasteiger partial charge in [-0.25, -0.2) is 9.97 Å². The van der Waals surface area contributed by atoms with Crippen LogP contribution >= 0.6 is 0 Å². The molecule has 0 atom stereocenters. The summed E-state index contributed by atoms with van der Waals surface area (Å²) in [6, 6.07) is 17.7. The first-order valence-corrected chi connectivity index (χ1v) is 8.64. The molecular formula is C21H19N5. The fourth-order valence-electron chi connectivity index (χ4n) is 3.29. The van der Waals surface area contributed by atoms with Crippen LogP contribution in [0.15, 0.2) is 54.7 Å². The van der Waals surface area contributed by atoms with E-state index in [1.165, 1.54) is 0 Å². The Morgan fingerprint density at radius 3 is 2.73 bits per heavy atom. The SMILES string of the molecule is N#Cc1ccccc1CN1CCc2nc(-c3ccc(N)cc3)ncc2C1. The molecule has 0 fully saturated rings. The van der Waals surface area contributed by atoms with E-state index >= 15 is 0 Å². The zero-order valence-corrected chi connectivity index (χ0v) is 14.4. The quantitative estimate of drug-likeness (QED) is 0.740. The van der Waals surface area contributed by atoms with Gasteiger partial charge in [0.05, 0.1) is 17.3 Å². The van der Waals surface area contributed by atoms with E-state index in [1.807, 2.05) is 54.7 Å². The summed E-state index contributed by atoms with van der Waals surface area (Å²) in [6.07, 6.45) is 2.81. The van der Waals surface area contributed by atoms with E-state index < -0.39 is 0 Å². The summed E-state index contributed by atoms with van der Waals surface area (Å²) in [5, 5.41) is 9.27. The molecular weight excluding hydrogens is 322 g/mol. The van der Waals surface area contributed by atoms with Gasteiger partial charge in [0.1, 0.15) is 0 Å². The van der Waals surface area contributed by atoms with Gasteiger partial charge in [-0.2, -0.15) is 5.26 Å². The van der Waals surface area contributed by atoms with Crippen LogP contribution in [0, 0.1) is 11.3 Å². The van der Waals surface area contributed by atoms with E-state index in [0.717, 1.165) is 65.5 Å². The van der Waals surface area contributed by atoms with Crippen LogP contribution in [0.25, 0.3) is 11.4 Å². The first kappa shape index (κ1) is 16.2. The second kappa shape index (κ2) is 6.95. The Kier molecular flexibility index (Phi) is 4.34. The standard InChI is InChI=1S/C21H19N5/c22-11-16-3-1-2-4-17(16)13-26-10-9-20-18(14-26)12-24-21(25-20)15-5-7-19(23)8-6-15/h1-8,12H,9-10,13-14,23H2. The Morgan fingerprint density at radius 1 is 1.12 bits per heavy atom. The number of nitriles is 1. The third-order valence-electron chi connectivity index (χ3n) is 4.71. The van der Waals surface area contributed by atoms with E-state index in [9.17, 15) is 5.26 Å². The lowest BCUT2D eigenvalue weighted by atomic mass is 10.0. The van der Waals surface area contributed by atoms with Crippen LogP contribution in [-0.2, 0) is 19.5 Å². The Bertz CT molecular complexity index is 972. The van der Waals surface area contributed by atoms with Crippen molar-refractivity contribution in [1.82, 2.24) is 14.9 Å². The number of fused-ring (bicyclic) bond motifs is 1. The molecule has 2 heterocycles. The maximum Gasteiger partial charge on any atom is 0.159 e. The Morgan fingerprint density at radius 2 is 1.92 bits per heavy atom. The van der Waals surface area contributed by atoms with Crippen molar-refractivity contribution in [3.63, 3.8) is 0 Å². The Hall–Kier alpha value is -3.23. The van der Waals surface area contributed by atoms with Crippen molar-refractivity contribution in [2.45, 2.75) is 19.5 Å². The molecule has 0 amide bonds. The van der Waals surface area contributed by atoms with Gasteiger partial charge in [0.25, 0.3) is 0 Å². The number of benzene rings is 2. The van der Waals surface area contributed by atoms with Crippen LogP contribution in [0.4, 0.5) is 5.69 Å². The second-order valence-corrected chi connectivity index (χ2v) is 6.52. The van der Waals surface area contributed by atoms with Gasteiger partial charge in [0, 0.05) is 49.1 Å². The van der Waals surface area contributed by atoms with E-state index in [4.69, 9.17) is 10.7 Å². The fourth-order valence-corrected chi connectivity index (χ4v) is 3.29. The molecule has 26 heavy (non-hydrogen) atoms. The average Bonchev–Trinajstić information content (AvgIpc) is 2.68. The Balaban J connectivity index is 1.53. The molecule has 0 spiro atoms. The van der Waals surface area contributed by atoms with Gasteiger partial charge in [-0.15, -0.1) is 0 Å². The summed E-state index contributed by atoms with van der Waals surface area (Å²) < 4.78 is 0. The Labute approximate surface area is 152 Å². The lowest BCUT2D eigenvalue weighted by molar-refractivity contribution is 0.243. The molecule has 0 saturated carbocycles. The van der Waals surface area contributed by atoms with Gasteiger partial charge >= 0.3 is 0 Å². The predicted octanol–water partition coefficient (Wildman–Crippen LogP) is 3.16. The number of nitrogen functional groups attached to an aromatic ring is 1. The highest BCUT2D eigenvalue weighted by atomic mass is 15.1. The van der Waals surface area contributed by atoms with Gasteiger partial charge in [0.2, 0.25) is 0 Å². The van der Waals surface area contributed by atoms with Crippen LogP contribution in [0.1, 0.15) is 22.4 Å². The molecule has 0 bridgehead atoms. The molecule has 2 N–H and O–H groups in total. The zero-order valence-electron chi connectivity index (χ0n) is 14.4. The van der Waals surface area contributed by atoms with Crippen molar-refractivity contribution in [3.8, 4) is 17.5 Å². The van der Waals surface area contributed by atoms with Gasteiger partial charge in [-0.3, -0.25) is 4.90 Å². The largest absolute Gasteiger partial charge is 0.399 e. The van der Waals surface area contributed by atoms with E-state index in [1.54, 1.807) is 0 Å². The molecule has 0 saturated heterocycles. The van der Waals surface area contributed by atoms with Crippen LogP contribution in [0.2, 0.25) is 0 Å².